The number of hydrogen-bond acceptors (Lipinski definition) is 2. The Morgan fingerprint density at radius 2 is 1.53 bits per heavy atom. The van der Waals surface area contributed by atoms with Gasteiger partial charge in [-0.05, 0) is 45.4 Å². The molecule has 1 aliphatic carbocycles. The zero-order chi connectivity index (χ0) is 12.3. The Morgan fingerprint density at radius 1 is 0.882 bits per heavy atom. The third-order valence-electron chi connectivity index (χ3n) is 5.04. The number of nitrogens with zero attached hydrogens (tertiary/aromatic N) is 1. The molecule has 1 heterocycles. The van der Waals surface area contributed by atoms with Crippen LogP contribution in [0.25, 0.3) is 0 Å². The van der Waals surface area contributed by atoms with Gasteiger partial charge in [-0.3, -0.25) is 4.90 Å². The normalized spacial score (nSPS) is 41.1. The van der Waals surface area contributed by atoms with Gasteiger partial charge in [0.2, 0.25) is 0 Å². The molecule has 2 nitrogen and oxygen atoms in total. The fraction of sp³-hybridized carbons (Fsp3) is 1.00. The lowest BCUT2D eigenvalue weighted by atomic mass is 9.90. The highest BCUT2D eigenvalue weighted by atomic mass is 15.2. The average Bonchev–Trinajstić information content (AvgIpc) is 2.49. The molecule has 0 aromatic rings. The molecule has 0 amide bonds. The minimum absolute atomic E-state index is 0.457. The molecule has 2 N–H and O–H groups in total. The average molecular weight is 238 g/mol. The molecule has 0 radical (unpaired) electrons. The van der Waals surface area contributed by atoms with E-state index in [1.165, 1.54) is 57.9 Å². The van der Waals surface area contributed by atoms with Crippen LogP contribution in [0.3, 0.4) is 0 Å². The van der Waals surface area contributed by atoms with Crippen molar-refractivity contribution in [2.45, 2.75) is 83.3 Å². The van der Waals surface area contributed by atoms with E-state index in [9.17, 15) is 0 Å². The summed E-state index contributed by atoms with van der Waals surface area (Å²) < 4.78 is 0. The molecule has 1 saturated heterocycles. The molecule has 2 unspecified atom stereocenters. The standard InChI is InChI=1S/C15H30N2/c1-12-7-6-8-13(2)17(12)11-14-9-4-3-5-10-15(14)16/h12-15H,3-11,16H2,1-2H3/t12-,13+,14?,15?. The van der Waals surface area contributed by atoms with Crippen molar-refractivity contribution in [3.8, 4) is 0 Å². The van der Waals surface area contributed by atoms with E-state index in [2.05, 4.69) is 18.7 Å². The summed E-state index contributed by atoms with van der Waals surface area (Å²) in [6.45, 7) is 6.05. The van der Waals surface area contributed by atoms with Gasteiger partial charge < -0.3 is 5.73 Å². The molecule has 2 aliphatic rings. The van der Waals surface area contributed by atoms with Crippen molar-refractivity contribution in [1.82, 2.24) is 4.90 Å². The van der Waals surface area contributed by atoms with E-state index >= 15 is 0 Å². The van der Waals surface area contributed by atoms with Gasteiger partial charge in [0.05, 0.1) is 0 Å². The summed E-state index contributed by atoms with van der Waals surface area (Å²) in [5.74, 6) is 0.750. The fourth-order valence-electron chi connectivity index (χ4n) is 3.75. The topological polar surface area (TPSA) is 29.3 Å². The highest BCUT2D eigenvalue weighted by Gasteiger charge is 2.29. The summed E-state index contributed by atoms with van der Waals surface area (Å²) in [6.07, 6.45) is 10.9. The van der Waals surface area contributed by atoms with Gasteiger partial charge in [0.1, 0.15) is 0 Å². The molecule has 2 heteroatoms. The van der Waals surface area contributed by atoms with Crippen molar-refractivity contribution in [3.05, 3.63) is 0 Å². The number of piperidine rings is 1. The number of hydrogen-bond donors (Lipinski definition) is 1. The van der Waals surface area contributed by atoms with E-state index in [0.717, 1.165) is 18.0 Å². The predicted octanol–water partition coefficient (Wildman–Crippen LogP) is 3.16. The molecule has 0 aromatic heterocycles. The molecule has 17 heavy (non-hydrogen) atoms. The molecule has 0 aromatic carbocycles. The highest BCUT2D eigenvalue weighted by Crippen LogP contribution is 2.28. The van der Waals surface area contributed by atoms with Gasteiger partial charge in [-0.2, -0.15) is 0 Å². The largest absolute Gasteiger partial charge is 0.327 e. The molecule has 100 valence electrons. The van der Waals surface area contributed by atoms with Crippen LogP contribution in [0, 0.1) is 5.92 Å². The summed E-state index contributed by atoms with van der Waals surface area (Å²) in [7, 11) is 0. The summed E-state index contributed by atoms with van der Waals surface area (Å²) in [5, 5.41) is 0. The number of rotatable bonds is 2. The maximum atomic E-state index is 6.36. The lowest BCUT2D eigenvalue weighted by Gasteiger charge is -2.41. The van der Waals surface area contributed by atoms with Crippen molar-refractivity contribution in [2.75, 3.05) is 6.54 Å². The third kappa shape index (κ3) is 3.45. The minimum Gasteiger partial charge on any atom is -0.327 e. The zero-order valence-electron chi connectivity index (χ0n) is 11.7. The Hall–Kier alpha value is -0.0800. The van der Waals surface area contributed by atoms with Crippen LogP contribution in [0.1, 0.15) is 65.2 Å². The molecular formula is C15H30N2. The first-order chi connectivity index (χ1) is 8.18. The molecule has 0 bridgehead atoms. The molecule has 0 spiro atoms. The Morgan fingerprint density at radius 3 is 2.24 bits per heavy atom. The van der Waals surface area contributed by atoms with E-state index in [0.29, 0.717) is 6.04 Å². The molecular weight excluding hydrogens is 208 g/mol. The third-order valence-corrected chi connectivity index (χ3v) is 5.04. The van der Waals surface area contributed by atoms with Gasteiger partial charge in [0.15, 0.2) is 0 Å². The Kier molecular flexibility index (Phi) is 4.87. The van der Waals surface area contributed by atoms with Crippen LogP contribution in [0.2, 0.25) is 0 Å². The fourth-order valence-corrected chi connectivity index (χ4v) is 3.75. The van der Waals surface area contributed by atoms with Gasteiger partial charge in [-0.15, -0.1) is 0 Å². The first kappa shape index (κ1) is 13.4. The quantitative estimate of drug-likeness (QED) is 0.749. The van der Waals surface area contributed by atoms with Gasteiger partial charge >= 0.3 is 0 Å². The second-order valence-corrected chi connectivity index (χ2v) is 6.39. The first-order valence-corrected chi connectivity index (χ1v) is 7.70. The van der Waals surface area contributed by atoms with E-state index in [1.807, 2.05) is 0 Å². The van der Waals surface area contributed by atoms with Gasteiger partial charge in [-0.1, -0.05) is 25.7 Å². The summed E-state index contributed by atoms with van der Waals surface area (Å²) >= 11 is 0. The smallest absolute Gasteiger partial charge is 0.00793 e. The maximum Gasteiger partial charge on any atom is 0.00793 e. The van der Waals surface area contributed by atoms with Crippen LogP contribution in [-0.4, -0.2) is 29.6 Å². The van der Waals surface area contributed by atoms with Crippen LogP contribution >= 0.6 is 0 Å². The van der Waals surface area contributed by atoms with Crippen molar-refractivity contribution in [3.63, 3.8) is 0 Å². The van der Waals surface area contributed by atoms with Crippen molar-refractivity contribution >= 4 is 0 Å². The van der Waals surface area contributed by atoms with Crippen LogP contribution in [0.5, 0.6) is 0 Å². The highest BCUT2D eigenvalue weighted by molar-refractivity contribution is 4.85. The van der Waals surface area contributed by atoms with E-state index < -0.39 is 0 Å². The van der Waals surface area contributed by atoms with Crippen LogP contribution < -0.4 is 5.73 Å². The van der Waals surface area contributed by atoms with E-state index in [4.69, 9.17) is 5.73 Å². The lowest BCUT2D eigenvalue weighted by Crippen LogP contribution is -2.48. The molecule has 4 atom stereocenters. The predicted molar refractivity (Wildman–Crippen MR) is 74.0 cm³/mol. The monoisotopic (exact) mass is 238 g/mol. The van der Waals surface area contributed by atoms with Crippen LogP contribution in [0.15, 0.2) is 0 Å². The van der Waals surface area contributed by atoms with E-state index in [-0.39, 0.29) is 0 Å². The Balaban J connectivity index is 1.92. The molecule has 2 fully saturated rings. The summed E-state index contributed by atoms with van der Waals surface area (Å²) in [4.78, 5) is 2.74. The van der Waals surface area contributed by atoms with Crippen LogP contribution in [0.4, 0.5) is 0 Å². The van der Waals surface area contributed by atoms with Crippen molar-refractivity contribution < 1.29 is 0 Å². The number of nitrogens with two attached hydrogens (primary N) is 1. The Labute approximate surface area is 107 Å². The van der Waals surface area contributed by atoms with E-state index in [1.54, 1.807) is 0 Å². The lowest BCUT2D eigenvalue weighted by molar-refractivity contribution is 0.0767. The summed E-state index contributed by atoms with van der Waals surface area (Å²) in [5.41, 5.74) is 6.36. The molecule has 1 saturated carbocycles. The Bertz CT molecular complexity index is 219. The zero-order valence-corrected chi connectivity index (χ0v) is 11.7. The van der Waals surface area contributed by atoms with Crippen LogP contribution in [-0.2, 0) is 0 Å². The second-order valence-electron chi connectivity index (χ2n) is 6.39. The SMILES string of the molecule is C[C@@H]1CCC[C@H](C)N1CC1CCCCCC1N. The van der Waals surface area contributed by atoms with Gasteiger partial charge in [0.25, 0.3) is 0 Å². The van der Waals surface area contributed by atoms with Gasteiger partial charge in [-0.25, -0.2) is 0 Å². The van der Waals surface area contributed by atoms with Crippen molar-refractivity contribution in [2.24, 2.45) is 11.7 Å². The summed E-state index contributed by atoms with van der Waals surface area (Å²) in [6, 6.07) is 2.00. The van der Waals surface area contributed by atoms with Gasteiger partial charge in [0, 0.05) is 24.7 Å². The second kappa shape index (κ2) is 6.19. The maximum absolute atomic E-state index is 6.36. The molecule has 2 rings (SSSR count). The van der Waals surface area contributed by atoms with Crippen molar-refractivity contribution in [1.29, 1.82) is 0 Å². The molecule has 1 aliphatic heterocycles. The first-order valence-electron chi connectivity index (χ1n) is 7.70. The minimum atomic E-state index is 0.457. The number of likely N-dealkylation sites (tertiary alicyclic amines) is 1.